The summed E-state index contributed by atoms with van der Waals surface area (Å²) in [5.41, 5.74) is 0.472. The molecule has 0 aliphatic heterocycles. The number of hydrogen-bond donors (Lipinski definition) is 0. The molecule has 2 rings (SSSR count). The van der Waals surface area contributed by atoms with Crippen LogP contribution in [-0.4, -0.2) is 31.1 Å². The molecule has 0 heterocycles. The molecular weight excluding hydrogens is 309 g/mol. The number of benzene rings is 2. The number of carbonyl (C=O) groups is 1. The third-order valence-electron chi connectivity index (χ3n) is 3.45. The maximum absolute atomic E-state index is 13.6. The summed E-state index contributed by atoms with van der Waals surface area (Å²) in [4.78, 5) is 13.6. The summed E-state index contributed by atoms with van der Waals surface area (Å²) in [6.07, 6.45) is 0.888. The lowest BCUT2D eigenvalue weighted by Crippen LogP contribution is -2.31. The molecule has 2 aromatic carbocycles. The van der Waals surface area contributed by atoms with Gasteiger partial charge in [0, 0.05) is 19.2 Å². The van der Waals surface area contributed by atoms with Gasteiger partial charge in [0.15, 0.2) is 18.1 Å². The van der Waals surface area contributed by atoms with E-state index >= 15 is 0 Å². The average Bonchev–Trinajstić information content (AvgIpc) is 2.60. The number of ether oxygens (including phenoxy) is 2. The summed E-state index contributed by atoms with van der Waals surface area (Å²) in [7, 11) is 1.62. The second-order valence-electron chi connectivity index (χ2n) is 5.43. The molecule has 0 aliphatic rings. The van der Waals surface area contributed by atoms with Crippen LogP contribution in [0.2, 0.25) is 0 Å². The first-order chi connectivity index (χ1) is 11.6. The number of carbonyl (C=O) groups excluding carboxylic acids is 1. The van der Waals surface area contributed by atoms with Crippen molar-refractivity contribution in [1.29, 1.82) is 0 Å². The van der Waals surface area contributed by atoms with Crippen LogP contribution in [0.25, 0.3) is 0 Å². The zero-order chi connectivity index (χ0) is 17.4. The molecule has 0 aliphatic carbocycles. The zero-order valence-electron chi connectivity index (χ0n) is 14.0. The highest BCUT2D eigenvalue weighted by atomic mass is 19.1. The second kappa shape index (κ2) is 8.91. The van der Waals surface area contributed by atoms with E-state index in [9.17, 15) is 9.18 Å². The first kappa shape index (κ1) is 17.8. The zero-order valence-corrected chi connectivity index (χ0v) is 14.0. The van der Waals surface area contributed by atoms with E-state index in [1.165, 1.54) is 11.0 Å². The topological polar surface area (TPSA) is 38.8 Å². The lowest BCUT2D eigenvalue weighted by Gasteiger charge is -2.18. The highest BCUT2D eigenvalue weighted by molar-refractivity contribution is 5.77. The molecule has 0 bridgehead atoms. The fraction of sp³-hybridized carbons (Fsp3) is 0.316. The van der Waals surface area contributed by atoms with Crippen molar-refractivity contribution in [3.63, 3.8) is 0 Å². The van der Waals surface area contributed by atoms with Crippen LogP contribution < -0.4 is 9.47 Å². The van der Waals surface area contributed by atoms with E-state index in [1.807, 2.05) is 19.1 Å². The van der Waals surface area contributed by atoms with Crippen LogP contribution in [0.15, 0.2) is 48.5 Å². The summed E-state index contributed by atoms with van der Waals surface area (Å²) in [5.74, 6) is 0.586. The van der Waals surface area contributed by atoms with E-state index in [2.05, 4.69) is 0 Å². The van der Waals surface area contributed by atoms with Gasteiger partial charge in [-0.15, -0.1) is 0 Å². The summed E-state index contributed by atoms with van der Waals surface area (Å²) in [6, 6.07) is 13.6. The van der Waals surface area contributed by atoms with Gasteiger partial charge in [0.2, 0.25) is 0 Å². The molecular formula is C19H22FNO3. The molecule has 0 fully saturated rings. The van der Waals surface area contributed by atoms with Crippen molar-refractivity contribution < 1.29 is 18.7 Å². The fourth-order valence-electron chi connectivity index (χ4n) is 2.12. The standard InChI is InChI=1S/C19H22FNO3/c1-3-12-23-17-10-6-7-11-18(17)24-14-19(22)21(2)13-15-8-4-5-9-16(15)20/h4-11H,3,12-14H2,1-2H3. The summed E-state index contributed by atoms with van der Waals surface area (Å²) in [6.45, 7) is 2.67. The maximum Gasteiger partial charge on any atom is 0.260 e. The second-order valence-corrected chi connectivity index (χ2v) is 5.43. The molecule has 0 atom stereocenters. The Morgan fingerprint density at radius 3 is 2.33 bits per heavy atom. The molecule has 128 valence electrons. The number of hydrogen-bond acceptors (Lipinski definition) is 3. The van der Waals surface area contributed by atoms with Crippen molar-refractivity contribution in [3.05, 3.63) is 59.9 Å². The van der Waals surface area contributed by atoms with Gasteiger partial charge in [0.1, 0.15) is 5.82 Å². The normalized spacial score (nSPS) is 10.3. The molecule has 0 unspecified atom stereocenters. The molecule has 0 aromatic heterocycles. The lowest BCUT2D eigenvalue weighted by molar-refractivity contribution is -0.132. The minimum atomic E-state index is -0.323. The molecule has 0 N–H and O–H groups in total. The number of likely N-dealkylation sites (N-methyl/N-ethyl adjacent to an activating group) is 1. The first-order valence-corrected chi connectivity index (χ1v) is 7.93. The molecule has 2 aromatic rings. The Morgan fingerprint density at radius 2 is 1.67 bits per heavy atom. The number of halogens is 1. The highest BCUT2D eigenvalue weighted by Gasteiger charge is 2.13. The Hall–Kier alpha value is -2.56. The van der Waals surface area contributed by atoms with Crippen molar-refractivity contribution in [3.8, 4) is 11.5 Å². The van der Waals surface area contributed by atoms with E-state index in [-0.39, 0.29) is 24.9 Å². The van der Waals surface area contributed by atoms with Crippen molar-refractivity contribution >= 4 is 5.91 Å². The molecule has 0 saturated carbocycles. The van der Waals surface area contributed by atoms with E-state index < -0.39 is 0 Å². The van der Waals surface area contributed by atoms with Gasteiger partial charge in [-0.25, -0.2) is 4.39 Å². The summed E-state index contributed by atoms with van der Waals surface area (Å²) < 4.78 is 24.8. The monoisotopic (exact) mass is 331 g/mol. The quantitative estimate of drug-likeness (QED) is 0.741. The van der Waals surface area contributed by atoms with Crippen molar-refractivity contribution in [2.75, 3.05) is 20.3 Å². The number of nitrogens with zero attached hydrogens (tertiary/aromatic N) is 1. The molecule has 0 saturated heterocycles. The summed E-state index contributed by atoms with van der Waals surface area (Å²) >= 11 is 0. The molecule has 24 heavy (non-hydrogen) atoms. The SMILES string of the molecule is CCCOc1ccccc1OCC(=O)N(C)Cc1ccccc1F. The van der Waals surface area contributed by atoms with Gasteiger partial charge in [-0.1, -0.05) is 37.3 Å². The van der Waals surface area contributed by atoms with Crippen LogP contribution in [0, 0.1) is 5.82 Å². The number of amides is 1. The van der Waals surface area contributed by atoms with Gasteiger partial charge in [-0.2, -0.15) is 0 Å². The Bertz CT molecular complexity index is 675. The van der Waals surface area contributed by atoms with Gasteiger partial charge in [-0.3, -0.25) is 4.79 Å². The third-order valence-corrected chi connectivity index (χ3v) is 3.45. The first-order valence-electron chi connectivity index (χ1n) is 7.93. The van der Waals surface area contributed by atoms with Gasteiger partial charge in [0.05, 0.1) is 6.61 Å². The molecule has 5 heteroatoms. The average molecular weight is 331 g/mol. The van der Waals surface area contributed by atoms with Crippen LogP contribution in [0.3, 0.4) is 0 Å². The Morgan fingerprint density at radius 1 is 1.04 bits per heavy atom. The summed E-state index contributed by atoms with van der Waals surface area (Å²) in [5, 5.41) is 0. The van der Waals surface area contributed by atoms with Crippen molar-refractivity contribution in [2.45, 2.75) is 19.9 Å². The molecule has 0 radical (unpaired) electrons. The van der Waals surface area contributed by atoms with Crippen molar-refractivity contribution in [1.82, 2.24) is 4.90 Å². The largest absolute Gasteiger partial charge is 0.490 e. The smallest absolute Gasteiger partial charge is 0.260 e. The van der Waals surface area contributed by atoms with Gasteiger partial charge < -0.3 is 14.4 Å². The molecule has 4 nitrogen and oxygen atoms in total. The molecule has 1 amide bonds. The van der Waals surface area contributed by atoms with E-state index in [4.69, 9.17) is 9.47 Å². The van der Waals surface area contributed by atoms with E-state index in [1.54, 1.807) is 37.4 Å². The minimum absolute atomic E-state index is 0.128. The Balaban J connectivity index is 1.92. The van der Waals surface area contributed by atoms with Crippen LogP contribution in [0.5, 0.6) is 11.5 Å². The van der Waals surface area contributed by atoms with E-state index in [0.717, 1.165) is 6.42 Å². The minimum Gasteiger partial charge on any atom is -0.490 e. The van der Waals surface area contributed by atoms with Gasteiger partial charge in [0.25, 0.3) is 5.91 Å². The van der Waals surface area contributed by atoms with Crippen molar-refractivity contribution in [2.24, 2.45) is 0 Å². The predicted octanol–water partition coefficient (Wildman–Crippen LogP) is 3.65. The Kier molecular flexibility index (Phi) is 6.61. The van der Waals surface area contributed by atoms with E-state index in [0.29, 0.717) is 23.7 Å². The highest BCUT2D eigenvalue weighted by Crippen LogP contribution is 2.26. The van der Waals surface area contributed by atoms with Crippen LogP contribution >= 0.6 is 0 Å². The third kappa shape index (κ3) is 4.98. The fourth-order valence-corrected chi connectivity index (χ4v) is 2.12. The van der Waals surface area contributed by atoms with Crippen LogP contribution in [0.4, 0.5) is 4.39 Å². The van der Waals surface area contributed by atoms with Crippen LogP contribution in [0.1, 0.15) is 18.9 Å². The number of para-hydroxylation sites is 2. The number of rotatable bonds is 8. The predicted molar refractivity (Wildman–Crippen MR) is 90.6 cm³/mol. The Labute approximate surface area is 141 Å². The molecule has 0 spiro atoms. The van der Waals surface area contributed by atoms with Crippen LogP contribution in [-0.2, 0) is 11.3 Å². The van der Waals surface area contributed by atoms with Gasteiger partial charge in [-0.05, 0) is 24.6 Å². The van der Waals surface area contributed by atoms with Gasteiger partial charge >= 0.3 is 0 Å². The lowest BCUT2D eigenvalue weighted by atomic mass is 10.2. The maximum atomic E-state index is 13.6.